The number of nitrogens with one attached hydrogen (secondary N) is 1. The van der Waals surface area contributed by atoms with Crippen LogP contribution >= 0.6 is 0 Å². The molecular weight excluding hydrogens is 226 g/mol. The monoisotopic (exact) mass is 245 g/mol. The number of rotatable bonds is 3. The third-order valence-corrected chi connectivity index (χ3v) is 4.10. The standard InChI is InChI=1S/C14H19N3O/c1-9(18)16-14-12-7-17(8-13(12)14)11-4-2-10(6-15)3-5-11/h2-5,12-14H,6-8,15H2,1H3,(H,16,18)/t12-,13+,14?. The smallest absolute Gasteiger partial charge is 0.217 e. The lowest BCUT2D eigenvalue weighted by Crippen LogP contribution is -2.33. The summed E-state index contributed by atoms with van der Waals surface area (Å²) in [6.07, 6.45) is 0. The molecule has 1 heterocycles. The normalized spacial score (nSPS) is 29.0. The first-order valence-electron chi connectivity index (χ1n) is 6.50. The fraction of sp³-hybridized carbons (Fsp3) is 0.500. The average Bonchev–Trinajstić information content (AvgIpc) is 2.83. The molecule has 1 aliphatic heterocycles. The minimum absolute atomic E-state index is 0.0910. The maximum Gasteiger partial charge on any atom is 0.217 e. The number of piperidine rings is 1. The molecule has 4 heteroatoms. The second kappa shape index (κ2) is 4.28. The van der Waals surface area contributed by atoms with Crippen molar-refractivity contribution in [1.29, 1.82) is 0 Å². The molecule has 0 aromatic heterocycles. The van der Waals surface area contributed by atoms with Crippen LogP contribution in [0.1, 0.15) is 12.5 Å². The molecule has 0 bridgehead atoms. The molecule has 1 unspecified atom stereocenters. The highest BCUT2D eigenvalue weighted by Crippen LogP contribution is 2.46. The van der Waals surface area contributed by atoms with Gasteiger partial charge in [-0.2, -0.15) is 0 Å². The maximum absolute atomic E-state index is 11.0. The molecule has 1 saturated heterocycles. The number of nitrogens with two attached hydrogens (primary N) is 1. The fourth-order valence-electron chi connectivity index (χ4n) is 3.03. The van der Waals surface area contributed by atoms with Gasteiger partial charge in [-0.25, -0.2) is 0 Å². The second-order valence-corrected chi connectivity index (χ2v) is 5.33. The van der Waals surface area contributed by atoms with Gasteiger partial charge in [0.25, 0.3) is 0 Å². The van der Waals surface area contributed by atoms with E-state index < -0.39 is 0 Å². The number of carbonyl (C=O) groups is 1. The van der Waals surface area contributed by atoms with E-state index in [0.717, 1.165) is 13.1 Å². The van der Waals surface area contributed by atoms with Crippen LogP contribution in [0.5, 0.6) is 0 Å². The van der Waals surface area contributed by atoms with E-state index in [1.165, 1.54) is 11.3 Å². The number of nitrogens with zero attached hydrogens (tertiary/aromatic N) is 1. The summed E-state index contributed by atoms with van der Waals surface area (Å²) >= 11 is 0. The van der Waals surface area contributed by atoms with Crippen LogP contribution in [0.25, 0.3) is 0 Å². The van der Waals surface area contributed by atoms with Gasteiger partial charge in [0.05, 0.1) is 0 Å². The zero-order valence-corrected chi connectivity index (χ0v) is 10.6. The van der Waals surface area contributed by atoms with E-state index in [-0.39, 0.29) is 5.91 Å². The molecule has 96 valence electrons. The Balaban J connectivity index is 1.60. The van der Waals surface area contributed by atoms with Crippen molar-refractivity contribution in [3.63, 3.8) is 0 Å². The molecule has 1 aromatic rings. The predicted molar refractivity (Wildman–Crippen MR) is 71.1 cm³/mol. The van der Waals surface area contributed by atoms with Gasteiger partial charge in [0.1, 0.15) is 0 Å². The van der Waals surface area contributed by atoms with Gasteiger partial charge >= 0.3 is 0 Å². The number of amides is 1. The predicted octanol–water partition coefficient (Wildman–Crippen LogP) is 0.716. The number of fused-ring (bicyclic) bond motifs is 1. The molecule has 1 aliphatic carbocycles. The van der Waals surface area contributed by atoms with E-state index in [1.54, 1.807) is 6.92 Å². The Morgan fingerprint density at radius 1 is 1.33 bits per heavy atom. The molecule has 3 N–H and O–H groups in total. The van der Waals surface area contributed by atoms with Gasteiger partial charge in [-0.15, -0.1) is 0 Å². The molecule has 0 spiro atoms. The first kappa shape index (κ1) is 11.5. The molecule has 1 saturated carbocycles. The minimum atomic E-state index is 0.0910. The molecule has 4 nitrogen and oxygen atoms in total. The number of anilines is 1. The lowest BCUT2D eigenvalue weighted by atomic mass is 10.2. The van der Waals surface area contributed by atoms with Crippen LogP contribution in [0.4, 0.5) is 5.69 Å². The van der Waals surface area contributed by atoms with E-state index in [4.69, 9.17) is 5.73 Å². The van der Waals surface area contributed by atoms with Gasteiger partial charge in [-0.05, 0) is 17.7 Å². The third kappa shape index (κ3) is 1.97. The van der Waals surface area contributed by atoms with Crippen LogP contribution in [-0.2, 0) is 11.3 Å². The average molecular weight is 245 g/mol. The van der Waals surface area contributed by atoms with Gasteiger partial charge in [0.15, 0.2) is 0 Å². The summed E-state index contributed by atoms with van der Waals surface area (Å²) < 4.78 is 0. The Labute approximate surface area is 107 Å². The van der Waals surface area contributed by atoms with E-state index >= 15 is 0 Å². The van der Waals surface area contributed by atoms with Crippen LogP contribution in [0.3, 0.4) is 0 Å². The first-order valence-corrected chi connectivity index (χ1v) is 6.50. The van der Waals surface area contributed by atoms with Crippen molar-refractivity contribution >= 4 is 11.6 Å². The topological polar surface area (TPSA) is 58.4 Å². The SMILES string of the molecule is CC(=O)NC1[C@H]2CN(c3ccc(CN)cc3)C[C@@H]12. The van der Waals surface area contributed by atoms with Crippen LogP contribution in [0, 0.1) is 11.8 Å². The quantitative estimate of drug-likeness (QED) is 0.825. The van der Waals surface area contributed by atoms with E-state index in [1.807, 2.05) is 0 Å². The Hall–Kier alpha value is -1.55. The van der Waals surface area contributed by atoms with Crippen molar-refractivity contribution in [2.75, 3.05) is 18.0 Å². The number of hydrogen-bond acceptors (Lipinski definition) is 3. The molecule has 3 atom stereocenters. The van der Waals surface area contributed by atoms with Gasteiger partial charge in [-0.1, -0.05) is 12.1 Å². The van der Waals surface area contributed by atoms with Crippen molar-refractivity contribution in [2.45, 2.75) is 19.5 Å². The highest BCUT2D eigenvalue weighted by Gasteiger charge is 2.56. The highest BCUT2D eigenvalue weighted by atomic mass is 16.1. The first-order chi connectivity index (χ1) is 8.69. The van der Waals surface area contributed by atoms with Gasteiger partial charge in [0.2, 0.25) is 5.91 Å². The van der Waals surface area contributed by atoms with Crippen LogP contribution in [0.2, 0.25) is 0 Å². The molecule has 18 heavy (non-hydrogen) atoms. The summed E-state index contributed by atoms with van der Waals surface area (Å²) in [4.78, 5) is 13.4. The molecule has 2 aliphatic rings. The van der Waals surface area contributed by atoms with Crippen molar-refractivity contribution in [3.8, 4) is 0 Å². The van der Waals surface area contributed by atoms with Crippen LogP contribution in [0.15, 0.2) is 24.3 Å². The number of hydrogen-bond donors (Lipinski definition) is 2. The molecule has 1 amide bonds. The summed E-state index contributed by atoms with van der Waals surface area (Å²) in [7, 11) is 0. The summed E-state index contributed by atoms with van der Waals surface area (Å²) in [5, 5.41) is 3.03. The zero-order valence-electron chi connectivity index (χ0n) is 10.6. The third-order valence-electron chi connectivity index (χ3n) is 4.10. The number of benzene rings is 1. The summed E-state index contributed by atoms with van der Waals surface area (Å²) in [6, 6.07) is 8.87. The Morgan fingerprint density at radius 3 is 2.44 bits per heavy atom. The van der Waals surface area contributed by atoms with E-state index in [9.17, 15) is 4.79 Å². The molecule has 0 radical (unpaired) electrons. The van der Waals surface area contributed by atoms with Gasteiger partial charge < -0.3 is 16.0 Å². The highest BCUT2D eigenvalue weighted by molar-refractivity contribution is 5.74. The van der Waals surface area contributed by atoms with E-state index in [2.05, 4.69) is 34.5 Å². The number of carbonyl (C=O) groups excluding carboxylic acids is 1. The summed E-state index contributed by atoms with van der Waals surface area (Å²) in [6.45, 7) is 4.29. The second-order valence-electron chi connectivity index (χ2n) is 5.33. The van der Waals surface area contributed by atoms with Crippen molar-refractivity contribution < 1.29 is 4.79 Å². The van der Waals surface area contributed by atoms with Crippen LogP contribution in [-0.4, -0.2) is 25.0 Å². The molecular formula is C14H19N3O. The summed E-state index contributed by atoms with van der Waals surface area (Å²) in [5.74, 6) is 1.37. The van der Waals surface area contributed by atoms with Crippen molar-refractivity contribution in [1.82, 2.24) is 5.32 Å². The molecule has 3 rings (SSSR count). The Bertz CT molecular complexity index is 445. The Kier molecular flexibility index (Phi) is 2.74. The lowest BCUT2D eigenvalue weighted by Gasteiger charge is -2.22. The van der Waals surface area contributed by atoms with Crippen molar-refractivity contribution in [3.05, 3.63) is 29.8 Å². The zero-order chi connectivity index (χ0) is 12.7. The largest absolute Gasteiger partial charge is 0.371 e. The van der Waals surface area contributed by atoms with Gasteiger partial charge in [-0.3, -0.25) is 4.79 Å². The maximum atomic E-state index is 11.0. The molecule has 2 fully saturated rings. The van der Waals surface area contributed by atoms with Crippen LogP contribution < -0.4 is 16.0 Å². The Morgan fingerprint density at radius 2 is 1.94 bits per heavy atom. The van der Waals surface area contributed by atoms with Crippen molar-refractivity contribution in [2.24, 2.45) is 17.6 Å². The van der Waals surface area contributed by atoms with E-state index in [0.29, 0.717) is 24.4 Å². The lowest BCUT2D eigenvalue weighted by molar-refractivity contribution is -0.119. The minimum Gasteiger partial charge on any atom is -0.371 e. The molecule has 1 aromatic carbocycles. The fourth-order valence-corrected chi connectivity index (χ4v) is 3.03. The summed E-state index contributed by atoms with van der Waals surface area (Å²) in [5.41, 5.74) is 8.02. The van der Waals surface area contributed by atoms with Gasteiger partial charge in [0, 0.05) is 50.1 Å².